The van der Waals surface area contributed by atoms with Crippen molar-refractivity contribution in [2.24, 2.45) is 0 Å². The van der Waals surface area contributed by atoms with Gasteiger partial charge < -0.3 is 19.1 Å². The van der Waals surface area contributed by atoms with E-state index in [-0.39, 0.29) is 37.7 Å². The Morgan fingerprint density at radius 2 is 1.14 bits per heavy atom. The predicted molar refractivity (Wildman–Crippen MR) is 184 cm³/mol. The minimum absolute atomic E-state index is 0.0473. The molecule has 0 saturated carbocycles. The van der Waals surface area contributed by atoms with Crippen molar-refractivity contribution in [2.75, 3.05) is 12.0 Å². The van der Waals surface area contributed by atoms with E-state index in [1.54, 1.807) is 42.5 Å². The second kappa shape index (κ2) is 17.1. The first kappa shape index (κ1) is 34.9. The van der Waals surface area contributed by atoms with Crippen molar-refractivity contribution in [3.05, 3.63) is 162 Å². The summed E-state index contributed by atoms with van der Waals surface area (Å²) >= 11 is 0. The third-order valence-electron chi connectivity index (χ3n) is 7.35. The van der Waals surface area contributed by atoms with E-state index in [9.17, 15) is 19.3 Å². The number of para-hydroxylation sites is 1. The van der Waals surface area contributed by atoms with Crippen LogP contribution in [0.4, 0.5) is 10.5 Å². The van der Waals surface area contributed by atoms with Crippen molar-refractivity contribution in [2.45, 2.75) is 32.3 Å². The first-order valence-electron chi connectivity index (χ1n) is 15.4. The number of phosphoric acid groups is 1. The van der Waals surface area contributed by atoms with Crippen molar-refractivity contribution in [1.82, 2.24) is 0 Å². The molecule has 0 spiro atoms. The molecule has 49 heavy (non-hydrogen) atoms. The molecule has 252 valence electrons. The van der Waals surface area contributed by atoms with Gasteiger partial charge in [-0.3, -0.25) is 13.9 Å². The van der Waals surface area contributed by atoms with Gasteiger partial charge in [-0.2, -0.15) is 0 Å². The summed E-state index contributed by atoms with van der Waals surface area (Å²) in [5, 5.41) is 10.3. The van der Waals surface area contributed by atoms with E-state index in [2.05, 4.69) is 0 Å². The van der Waals surface area contributed by atoms with Crippen LogP contribution in [0, 0.1) is 0 Å². The fraction of sp³-hybridized carbons (Fsp3) is 0.158. The van der Waals surface area contributed by atoms with Gasteiger partial charge in [0.05, 0.1) is 20.3 Å². The summed E-state index contributed by atoms with van der Waals surface area (Å²) in [6.07, 6.45) is -0.945. The Morgan fingerprint density at radius 1 is 0.653 bits per heavy atom. The zero-order valence-electron chi connectivity index (χ0n) is 26.8. The molecule has 0 radical (unpaired) electrons. The Labute approximate surface area is 285 Å². The molecule has 0 heterocycles. The average Bonchev–Trinajstić information content (AvgIpc) is 3.14. The number of hydrogen-bond acceptors (Lipinski definition) is 8. The molecule has 5 aromatic carbocycles. The molecule has 0 aliphatic rings. The monoisotopic (exact) mass is 681 g/mol. The smallest absolute Gasteiger partial charge is 0.485 e. The van der Waals surface area contributed by atoms with Crippen LogP contribution in [0.5, 0.6) is 11.5 Å². The fourth-order valence-corrected chi connectivity index (χ4v) is 6.07. The SMILES string of the molecule is COC(=O)N(c1ccccc1)[C@@H](Cc1ccc(OP(=O)(OCc2ccccc2)OCc2ccccc2)c(OCc2ccccc2)c1)C(=O)O. The number of carbonyl (C=O) groups excluding carboxylic acids is 1. The summed E-state index contributed by atoms with van der Waals surface area (Å²) in [4.78, 5) is 26.5. The number of nitrogens with zero attached hydrogens (tertiary/aromatic N) is 1. The summed E-state index contributed by atoms with van der Waals surface area (Å²) in [6, 6.07) is 39.6. The number of anilines is 1. The third-order valence-corrected chi connectivity index (χ3v) is 8.66. The van der Waals surface area contributed by atoms with Crippen LogP contribution < -0.4 is 14.2 Å². The summed E-state index contributed by atoms with van der Waals surface area (Å²) < 4.78 is 43.0. The van der Waals surface area contributed by atoms with Crippen molar-refractivity contribution >= 4 is 25.6 Å². The van der Waals surface area contributed by atoms with Crippen LogP contribution in [0.3, 0.4) is 0 Å². The van der Waals surface area contributed by atoms with Gasteiger partial charge in [-0.1, -0.05) is 115 Å². The molecule has 5 aromatic rings. The van der Waals surface area contributed by atoms with Gasteiger partial charge in [-0.15, -0.1) is 0 Å². The Hall–Kier alpha value is -5.41. The van der Waals surface area contributed by atoms with E-state index in [1.165, 1.54) is 13.2 Å². The largest absolute Gasteiger partial charge is 0.530 e. The van der Waals surface area contributed by atoms with Gasteiger partial charge in [-0.25, -0.2) is 14.2 Å². The molecule has 0 aromatic heterocycles. The molecule has 0 bridgehead atoms. The van der Waals surface area contributed by atoms with Crippen molar-refractivity contribution in [3.63, 3.8) is 0 Å². The number of aliphatic carboxylic acids is 1. The second-order valence-corrected chi connectivity index (χ2v) is 12.4. The molecular formula is C38H36NO9P. The number of ether oxygens (including phenoxy) is 2. The maximum Gasteiger partial charge on any atom is 0.530 e. The number of carbonyl (C=O) groups is 2. The molecule has 11 heteroatoms. The van der Waals surface area contributed by atoms with Gasteiger partial charge in [-0.05, 0) is 46.5 Å². The summed E-state index contributed by atoms with van der Waals surface area (Å²) in [5.41, 5.74) is 3.23. The van der Waals surface area contributed by atoms with E-state index in [1.807, 2.05) is 91.0 Å². The number of methoxy groups -OCH3 is 1. The highest BCUT2D eigenvalue weighted by molar-refractivity contribution is 7.48. The molecule has 1 amide bonds. The van der Waals surface area contributed by atoms with Crippen molar-refractivity contribution < 1.29 is 42.3 Å². The number of amides is 1. The van der Waals surface area contributed by atoms with Crippen LogP contribution in [0.1, 0.15) is 22.3 Å². The van der Waals surface area contributed by atoms with Crippen LogP contribution in [0.15, 0.2) is 140 Å². The minimum Gasteiger partial charge on any atom is -0.485 e. The van der Waals surface area contributed by atoms with E-state index in [4.69, 9.17) is 23.0 Å². The van der Waals surface area contributed by atoms with Gasteiger partial charge in [0.2, 0.25) is 0 Å². The Kier molecular flexibility index (Phi) is 12.2. The average molecular weight is 682 g/mol. The van der Waals surface area contributed by atoms with Crippen LogP contribution >= 0.6 is 7.82 Å². The molecular weight excluding hydrogens is 645 g/mol. The highest BCUT2D eigenvalue weighted by Gasteiger charge is 2.34. The Balaban J connectivity index is 1.46. The van der Waals surface area contributed by atoms with Crippen LogP contribution in [-0.2, 0) is 49.4 Å². The van der Waals surface area contributed by atoms with Crippen molar-refractivity contribution in [1.29, 1.82) is 0 Å². The highest BCUT2D eigenvalue weighted by atomic mass is 31.2. The van der Waals surface area contributed by atoms with Gasteiger partial charge in [0.25, 0.3) is 0 Å². The van der Waals surface area contributed by atoms with Crippen LogP contribution in [-0.4, -0.2) is 30.3 Å². The Morgan fingerprint density at radius 3 is 1.63 bits per heavy atom. The molecule has 1 N–H and O–H groups in total. The molecule has 0 unspecified atom stereocenters. The molecule has 0 aliphatic heterocycles. The van der Waals surface area contributed by atoms with Gasteiger partial charge in [0.15, 0.2) is 11.5 Å². The van der Waals surface area contributed by atoms with E-state index < -0.39 is 25.9 Å². The number of hydrogen-bond donors (Lipinski definition) is 1. The molecule has 1 atom stereocenters. The van der Waals surface area contributed by atoms with Gasteiger partial charge in [0, 0.05) is 12.1 Å². The highest BCUT2D eigenvalue weighted by Crippen LogP contribution is 2.53. The zero-order valence-corrected chi connectivity index (χ0v) is 27.7. The normalized spacial score (nSPS) is 11.7. The van der Waals surface area contributed by atoms with E-state index >= 15 is 0 Å². The van der Waals surface area contributed by atoms with Gasteiger partial charge in [0.1, 0.15) is 12.6 Å². The van der Waals surface area contributed by atoms with Crippen LogP contribution in [0.2, 0.25) is 0 Å². The van der Waals surface area contributed by atoms with Crippen LogP contribution in [0.25, 0.3) is 0 Å². The number of rotatable bonds is 16. The lowest BCUT2D eigenvalue weighted by atomic mass is 10.0. The lowest BCUT2D eigenvalue weighted by molar-refractivity contribution is -0.138. The lowest BCUT2D eigenvalue weighted by Crippen LogP contribution is -2.46. The zero-order chi connectivity index (χ0) is 34.5. The Bertz CT molecular complexity index is 1790. The minimum atomic E-state index is -4.27. The standard InChI is InChI=1S/C38H36NO9P/c1-44-38(42)39(33-20-12-5-13-21-33)34(37(40)41)24-32-22-23-35(36(25-32)45-26-29-14-6-2-7-15-29)48-49(43,46-27-30-16-8-3-9-17-30)47-28-31-18-10-4-11-19-31/h2-23,25,34H,24,26-28H2,1H3,(H,40,41)/t34-/m0/s1. The number of benzene rings is 5. The third kappa shape index (κ3) is 10.0. The summed E-state index contributed by atoms with van der Waals surface area (Å²) in [7, 11) is -3.08. The maximum atomic E-state index is 14.2. The molecule has 5 rings (SSSR count). The van der Waals surface area contributed by atoms with Gasteiger partial charge >= 0.3 is 19.9 Å². The molecule has 0 saturated heterocycles. The number of phosphoric ester groups is 1. The van der Waals surface area contributed by atoms with E-state index in [0.717, 1.165) is 21.6 Å². The summed E-state index contributed by atoms with van der Waals surface area (Å²) in [6.45, 7) is 0.0318. The number of carboxylic acid groups (broad SMARTS) is 1. The van der Waals surface area contributed by atoms with E-state index in [0.29, 0.717) is 11.3 Å². The molecule has 0 fully saturated rings. The second-order valence-electron chi connectivity index (χ2n) is 10.8. The molecule has 10 nitrogen and oxygen atoms in total. The number of carboxylic acids is 1. The predicted octanol–water partition coefficient (Wildman–Crippen LogP) is 8.45. The first-order chi connectivity index (χ1) is 23.8. The molecule has 0 aliphatic carbocycles. The first-order valence-corrected chi connectivity index (χ1v) is 16.9. The quantitative estimate of drug-likeness (QED) is 0.102. The lowest BCUT2D eigenvalue weighted by Gasteiger charge is -2.28. The topological polar surface area (TPSA) is 121 Å². The summed E-state index contributed by atoms with van der Waals surface area (Å²) in [5.74, 6) is -1.01. The maximum absolute atomic E-state index is 14.2. The van der Waals surface area contributed by atoms with Crippen molar-refractivity contribution in [3.8, 4) is 11.5 Å². The fourth-order valence-electron chi connectivity index (χ4n) is 4.88.